The number of rotatable bonds is 6. The molecular formula is C14H15ClN4O5S. The first-order chi connectivity index (χ1) is 11.8. The second-order valence-electron chi connectivity index (χ2n) is 4.71. The van der Waals surface area contributed by atoms with Crippen LogP contribution in [-0.4, -0.2) is 44.8 Å². The number of esters is 1. The molecule has 0 bridgehead atoms. The Morgan fingerprint density at radius 2 is 1.92 bits per heavy atom. The van der Waals surface area contributed by atoms with Crippen molar-refractivity contribution in [3.63, 3.8) is 0 Å². The molecular weight excluding hydrogens is 372 g/mol. The van der Waals surface area contributed by atoms with Crippen LogP contribution in [0.4, 0.5) is 17.2 Å². The molecule has 25 heavy (non-hydrogen) atoms. The zero-order chi connectivity index (χ0) is 18.6. The summed E-state index contributed by atoms with van der Waals surface area (Å²) >= 11 is 6.29. The Morgan fingerprint density at radius 3 is 2.52 bits per heavy atom. The third-order valence-corrected chi connectivity index (χ3v) is 3.80. The average Bonchev–Trinajstić information content (AvgIpc) is 2.56. The van der Waals surface area contributed by atoms with Gasteiger partial charge in [-0.15, -0.1) is 0 Å². The van der Waals surface area contributed by atoms with Gasteiger partial charge in [-0.25, -0.2) is 14.8 Å². The summed E-state index contributed by atoms with van der Waals surface area (Å²) in [4.78, 5) is 19.7. The van der Waals surface area contributed by atoms with Gasteiger partial charge in [-0.3, -0.25) is 0 Å². The van der Waals surface area contributed by atoms with E-state index < -0.39 is 16.1 Å². The summed E-state index contributed by atoms with van der Waals surface area (Å²) in [6, 6.07) is 2.90. The maximum absolute atomic E-state index is 11.7. The Balaban J connectivity index is 2.44. The number of carbonyl (C=O) groups is 1. The zero-order valence-electron chi connectivity index (χ0n) is 13.5. The minimum Gasteiger partial charge on any atom is -0.464 e. The van der Waals surface area contributed by atoms with Gasteiger partial charge >= 0.3 is 16.1 Å². The molecule has 0 amide bonds. The second kappa shape index (κ2) is 7.53. The summed E-state index contributed by atoms with van der Waals surface area (Å²) in [5.41, 5.74) is 0.585. The summed E-state index contributed by atoms with van der Waals surface area (Å²) in [6.45, 7) is 0. The fourth-order valence-corrected chi connectivity index (χ4v) is 2.69. The number of benzene rings is 1. The lowest BCUT2D eigenvalue weighted by Crippen LogP contribution is -2.11. The number of methoxy groups -OCH3 is 1. The Morgan fingerprint density at radius 1 is 1.24 bits per heavy atom. The Bertz CT molecular complexity index is 904. The summed E-state index contributed by atoms with van der Waals surface area (Å²) in [5.74, 6) is -0.499. The number of anilines is 3. The van der Waals surface area contributed by atoms with Crippen LogP contribution in [0.5, 0.6) is 5.75 Å². The predicted molar refractivity (Wildman–Crippen MR) is 93.1 cm³/mol. The molecule has 0 saturated heterocycles. The van der Waals surface area contributed by atoms with Gasteiger partial charge in [0.25, 0.3) is 0 Å². The largest absolute Gasteiger partial charge is 0.464 e. The number of hydrogen-bond acceptors (Lipinski definition) is 9. The van der Waals surface area contributed by atoms with Gasteiger partial charge in [0.2, 0.25) is 0 Å². The molecule has 1 aromatic heterocycles. The van der Waals surface area contributed by atoms with Crippen molar-refractivity contribution in [2.24, 2.45) is 0 Å². The highest BCUT2D eigenvalue weighted by Gasteiger charge is 2.19. The standard InChI is InChI=1S/C14H15ClN4O5S/c1-16-11-9(24-25(3,21)22)5-4-8(10(11)15)19-13-12(14(20)23-2)17-6-7-18-13/h4-7,16H,1-3H3,(H,18,19). The fraction of sp³-hybridized carbons (Fsp3) is 0.214. The van der Waals surface area contributed by atoms with Crippen LogP contribution >= 0.6 is 11.6 Å². The van der Waals surface area contributed by atoms with Gasteiger partial charge in [-0.05, 0) is 12.1 Å². The van der Waals surface area contributed by atoms with Crippen LogP contribution in [0.1, 0.15) is 10.5 Å². The van der Waals surface area contributed by atoms with Crippen molar-refractivity contribution in [3.05, 3.63) is 35.2 Å². The van der Waals surface area contributed by atoms with E-state index in [2.05, 4.69) is 25.3 Å². The molecule has 0 atom stereocenters. The van der Waals surface area contributed by atoms with E-state index in [0.717, 1.165) is 6.26 Å². The van der Waals surface area contributed by atoms with Crippen molar-refractivity contribution < 1.29 is 22.1 Å². The highest BCUT2D eigenvalue weighted by atomic mass is 35.5. The van der Waals surface area contributed by atoms with Crippen LogP contribution in [-0.2, 0) is 14.9 Å². The molecule has 9 nitrogen and oxygen atoms in total. The predicted octanol–water partition coefficient (Wildman–Crippen LogP) is 2.04. The molecule has 0 fully saturated rings. The molecule has 2 aromatic rings. The third-order valence-electron chi connectivity index (χ3n) is 2.92. The monoisotopic (exact) mass is 386 g/mol. The highest BCUT2D eigenvalue weighted by Crippen LogP contribution is 2.39. The van der Waals surface area contributed by atoms with E-state index in [1.807, 2.05) is 0 Å². The first-order valence-electron chi connectivity index (χ1n) is 6.83. The lowest BCUT2D eigenvalue weighted by atomic mass is 10.2. The minimum absolute atomic E-state index is 0.0245. The number of aromatic nitrogens is 2. The van der Waals surface area contributed by atoms with Gasteiger partial charge in [0.15, 0.2) is 17.3 Å². The third kappa shape index (κ3) is 4.48. The molecule has 134 valence electrons. The molecule has 0 aliphatic heterocycles. The van der Waals surface area contributed by atoms with E-state index in [9.17, 15) is 13.2 Å². The molecule has 0 aliphatic carbocycles. The molecule has 2 N–H and O–H groups in total. The second-order valence-corrected chi connectivity index (χ2v) is 6.66. The van der Waals surface area contributed by atoms with Crippen LogP contribution in [0.15, 0.2) is 24.5 Å². The molecule has 1 aromatic carbocycles. The van der Waals surface area contributed by atoms with Crippen LogP contribution in [0.3, 0.4) is 0 Å². The van der Waals surface area contributed by atoms with Crippen LogP contribution in [0, 0.1) is 0 Å². The van der Waals surface area contributed by atoms with Crippen molar-refractivity contribution in [2.75, 3.05) is 31.0 Å². The zero-order valence-corrected chi connectivity index (χ0v) is 15.1. The van der Waals surface area contributed by atoms with Crippen molar-refractivity contribution in [2.45, 2.75) is 0 Å². The lowest BCUT2D eigenvalue weighted by Gasteiger charge is -2.15. The Hall–Kier alpha value is -2.59. The average molecular weight is 387 g/mol. The topological polar surface area (TPSA) is 120 Å². The molecule has 0 saturated carbocycles. The molecule has 2 rings (SSSR count). The number of ether oxygens (including phenoxy) is 1. The van der Waals surface area contributed by atoms with Gasteiger partial charge in [-0.2, -0.15) is 8.42 Å². The summed E-state index contributed by atoms with van der Waals surface area (Å²) in [5, 5.41) is 5.79. The normalized spacial score (nSPS) is 10.9. The Labute approximate surface area is 149 Å². The number of hydrogen-bond donors (Lipinski definition) is 2. The van der Waals surface area contributed by atoms with Crippen molar-refractivity contribution in [3.8, 4) is 5.75 Å². The van der Waals surface area contributed by atoms with E-state index in [1.54, 1.807) is 7.05 Å². The molecule has 0 spiro atoms. The van der Waals surface area contributed by atoms with Crippen LogP contribution in [0.25, 0.3) is 0 Å². The lowest BCUT2D eigenvalue weighted by molar-refractivity contribution is 0.0595. The molecule has 11 heteroatoms. The number of nitrogens with one attached hydrogen (secondary N) is 2. The maximum atomic E-state index is 11.7. The van der Waals surface area contributed by atoms with E-state index in [0.29, 0.717) is 5.69 Å². The Kier molecular flexibility index (Phi) is 5.65. The van der Waals surface area contributed by atoms with Gasteiger partial charge in [0, 0.05) is 19.4 Å². The summed E-state index contributed by atoms with van der Waals surface area (Å²) in [6.07, 6.45) is 3.67. The summed E-state index contributed by atoms with van der Waals surface area (Å²) in [7, 11) is -0.938. The van der Waals surface area contributed by atoms with Crippen LogP contribution in [0.2, 0.25) is 5.02 Å². The first-order valence-corrected chi connectivity index (χ1v) is 9.02. The number of carbonyl (C=O) groups excluding carboxylic acids is 1. The number of halogens is 1. The maximum Gasteiger partial charge on any atom is 0.360 e. The van der Waals surface area contributed by atoms with E-state index >= 15 is 0 Å². The smallest absolute Gasteiger partial charge is 0.360 e. The highest BCUT2D eigenvalue weighted by molar-refractivity contribution is 7.86. The quantitative estimate of drug-likeness (QED) is 0.567. The van der Waals surface area contributed by atoms with Crippen molar-refractivity contribution >= 4 is 44.9 Å². The van der Waals surface area contributed by atoms with Crippen LogP contribution < -0.4 is 14.8 Å². The van der Waals surface area contributed by atoms with Crippen molar-refractivity contribution in [1.82, 2.24) is 9.97 Å². The SMILES string of the molecule is CNc1c(OS(C)(=O)=O)ccc(Nc2nccnc2C(=O)OC)c1Cl. The van der Waals surface area contributed by atoms with E-state index in [-0.39, 0.29) is 28.0 Å². The van der Waals surface area contributed by atoms with Gasteiger partial charge in [-0.1, -0.05) is 11.6 Å². The summed E-state index contributed by atoms with van der Waals surface area (Å²) < 4.78 is 32.2. The minimum atomic E-state index is -3.72. The van der Waals surface area contributed by atoms with Gasteiger partial charge in [0.05, 0.1) is 29.8 Å². The van der Waals surface area contributed by atoms with Gasteiger partial charge < -0.3 is 19.6 Å². The molecule has 0 aliphatic rings. The fourth-order valence-electron chi connectivity index (χ4n) is 1.92. The first kappa shape index (κ1) is 18.7. The van der Waals surface area contributed by atoms with E-state index in [4.69, 9.17) is 15.8 Å². The molecule has 1 heterocycles. The van der Waals surface area contributed by atoms with E-state index in [1.165, 1.54) is 31.6 Å². The van der Waals surface area contributed by atoms with Gasteiger partial charge in [0.1, 0.15) is 0 Å². The number of nitrogens with zero attached hydrogens (tertiary/aromatic N) is 2. The molecule has 0 radical (unpaired) electrons. The van der Waals surface area contributed by atoms with Crippen molar-refractivity contribution in [1.29, 1.82) is 0 Å². The molecule has 0 unspecified atom stereocenters.